The molecule has 0 bridgehead atoms. The minimum absolute atomic E-state index is 0.182. The number of halogens is 9. The first kappa shape index (κ1) is 37.0. The number of carbonyl (C=O) groups is 4. The predicted octanol–water partition coefficient (Wildman–Crippen LogP) is 11.1. The highest BCUT2D eigenvalue weighted by atomic mass is 79.9. The molecule has 0 atom stereocenters. The Kier molecular flexibility index (Phi) is 17.4. The van der Waals surface area contributed by atoms with Crippen molar-refractivity contribution in [3.05, 3.63) is 139 Å². The van der Waals surface area contributed by atoms with Crippen LogP contribution in [0.25, 0.3) is 0 Å². The molecule has 0 unspecified atom stereocenters. The van der Waals surface area contributed by atoms with Gasteiger partial charge < -0.3 is 0 Å². The quantitative estimate of drug-likeness (QED) is 0.194. The van der Waals surface area contributed by atoms with E-state index in [1.165, 1.54) is 42.5 Å². The van der Waals surface area contributed by atoms with Crippen molar-refractivity contribution in [2.75, 3.05) is 0 Å². The monoisotopic (exact) mass is 758 g/mol. The van der Waals surface area contributed by atoms with Crippen LogP contribution < -0.4 is 0 Å². The minimum atomic E-state index is -0.639. The summed E-state index contributed by atoms with van der Waals surface area (Å²) >= 11 is 40.7. The van der Waals surface area contributed by atoms with E-state index in [9.17, 15) is 23.6 Å². The zero-order chi connectivity index (χ0) is 31.1. The third kappa shape index (κ3) is 15.2. The van der Waals surface area contributed by atoms with Gasteiger partial charge in [-0.1, -0.05) is 75.0 Å². The van der Waals surface area contributed by atoms with E-state index in [1.54, 1.807) is 36.4 Å². The van der Waals surface area contributed by atoms with E-state index < -0.39 is 26.8 Å². The lowest BCUT2D eigenvalue weighted by atomic mass is 10.2. The van der Waals surface area contributed by atoms with Crippen LogP contribution in [0.5, 0.6) is 0 Å². The van der Waals surface area contributed by atoms with E-state index >= 15 is 0 Å². The number of hydrogen-bond acceptors (Lipinski definition) is 4. The summed E-state index contributed by atoms with van der Waals surface area (Å²) in [6, 6.07) is 23.2. The van der Waals surface area contributed by atoms with Crippen LogP contribution >= 0.6 is 97.1 Å². The molecule has 0 aliphatic heterocycles. The van der Waals surface area contributed by atoms with Crippen molar-refractivity contribution in [2.24, 2.45) is 0 Å². The fourth-order valence-corrected chi connectivity index (χ4v) is 3.81. The largest absolute Gasteiger partial charge is 0.276 e. The molecule has 0 N–H and O–H groups in total. The van der Waals surface area contributed by atoms with Gasteiger partial charge in [0.15, 0.2) is 0 Å². The van der Waals surface area contributed by atoms with Crippen molar-refractivity contribution in [1.29, 1.82) is 0 Å². The van der Waals surface area contributed by atoms with Gasteiger partial charge in [0, 0.05) is 31.7 Å². The second kappa shape index (κ2) is 19.2. The van der Waals surface area contributed by atoms with Gasteiger partial charge in [0.2, 0.25) is 0 Å². The lowest BCUT2D eigenvalue weighted by molar-refractivity contribution is 0.107. The number of benzene rings is 4. The molecule has 0 saturated carbocycles. The molecular weight excluding hydrogens is 747 g/mol. The topological polar surface area (TPSA) is 68.3 Å². The van der Waals surface area contributed by atoms with Gasteiger partial charge in [-0.2, -0.15) is 0 Å². The highest BCUT2D eigenvalue weighted by Crippen LogP contribution is 2.23. The zero-order valence-corrected chi connectivity index (χ0v) is 27.1. The third-order valence-electron chi connectivity index (χ3n) is 4.30. The summed E-state index contributed by atoms with van der Waals surface area (Å²) in [5.41, 5.74) is 1.47. The Morgan fingerprint density at radius 3 is 1.32 bits per heavy atom. The third-order valence-corrected chi connectivity index (χ3v) is 6.64. The summed E-state index contributed by atoms with van der Waals surface area (Å²) in [7, 11) is 0. The van der Waals surface area contributed by atoms with Gasteiger partial charge in [-0.3, -0.25) is 19.2 Å². The maximum absolute atomic E-state index is 12.3. The Balaban J connectivity index is 0.000000274. The number of rotatable bonds is 4. The lowest BCUT2D eigenvalue weighted by Gasteiger charge is -1.96. The predicted molar refractivity (Wildman–Crippen MR) is 169 cm³/mol. The zero-order valence-electron chi connectivity index (χ0n) is 20.2. The molecule has 13 heteroatoms. The van der Waals surface area contributed by atoms with Crippen LogP contribution in [0.4, 0.5) is 4.39 Å². The van der Waals surface area contributed by atoms with Gasteiger partial charge in [-0.25, -0.2) is 4.39 Å². The molecule has 0 fully saturated rings. The Morgan fingerprint density at radius 2 is 0.951 bits per heavy atom. The highest BCUT2D eigenvalue weighted by Gasteiger charge is 2.04. The number of carbonyl (C=O) groups excluding carboxylic acids is 4. The fraction of sp³-hybridized carbons (Fsp3) is 0. The van der Waals surface area contributed by atoms with Gasteiger partial charge in [-0.15, -0.1) is 0 Å². The van der Waals surface area contributed by atoms with Crippen molar-refractivity contribution in [3.63, 3.8) is 0 Å². The van der Waals surface area contributed by atoms with Crippen molar-refractivity contribution < 1.29 is 23.6 Å². The Bertz CT molecular complexity index is 1400. The van der Waals surface area contributed by atoms with Gasteiger partial charge in [0.05, 0.1) is 10.0 Å². The summed E-state index contributed by atoms with van der Waals surface area (Å²) in [5, 5.41) is -0.829. The molecule has 4 aromatic rings. The van der Waals surface area contributed by atoms with Gasteiger partial charge in [0.1, 0.15) is 5.82 Å². The van der Waals surface area contributed by atoms with Crippen molar-refractivity contribution >= 4 is 118 Å². The van der Waals surface area contributed by atoms with E-state index in [-0.39, 0.29) is 5.56 Å². The molecule has 4 rings (SSSR count). The second-order valence-electron chi connectivity index (χ2n) is 7.25. The van der Waals surface area contributed by atoms with Gasteiger partial charge in [-0.05, 0) is 113 Å². The smallest absolute Gasteiger partial charge is 0.252 e. The molecule has 0 radical (unpaired) electrons. The summed E-state index contributed by atoms with van der Waals surface area (Å²) in [6.07, 6.45) is 0. The molecule has 0 amide bonds. The summed E-state index contributed by atoms with van der Waals surface area (Å²) in [5.74, 6) is -0.452. The van der Waals surface area contributed by atoms with Crippen LogP contribution in [0, 0.1) is 5.82 Å². The van der Waals surface area contributed by atoms with Crippen LogP contribution in [0.15, 0.2) is 95.5 Å². The SMILES string of the molecule is O=C(Cl)c1ccc(Cl)c(Cl)c1.O=C(Cl)c1cccc(Br)c1.O=C(Cl)c1cccc(Cl)c1.O=C(Cl)c1cccc(F)c1. The van der Waals surface area contributed by atoms with E-state index in [2.05, 4.69) is 15.9 Å². The van der Waals surface area contributed by atoms with Crippen LogP contribution in [0.1, 0.15) is 41.4 Å². The molecule has 0 aliphatic carbocycles. The second-order valence-corrected chi connectivity index (χ2v) is 10.8. The van der Waals surface area contributed by atoms with E-state index in [4.69, 9.17) is 81.2 Å². The van der Waals surface area contributed by atoms with Crippen LogP contribution in [0.2, 0.25) is 15.1 Å². The first-order chi connectivity index (χ1) is 19.2. The molecule has 214 valence electrons. The molecule has 4 aromatic carbocycles. The normalized spacial score (nSPS) is 9.49. The van der Waals surface area contributed by atoms with E-state index in [0.29, 0.717) is 31.8 Å². The standard InChI is InChI=1S/C7H4BrClO.C7H3Cl3O.C7H4Cl2O.C7H4ClFO/c8-6-3-1-2-5(4-6)7(9)10;8-5-2-1-4(7(10)11)3-6(5)9;8-6-3-1-2-5(4-6)7(9)10;8-7(10)5-2-1-3-6(9)4-5/h1-4H;1-3H;2*1-4H. The summed E-state index contributed by atoms with van der Waals surface area (Å²) in [4.78, 5) is 42.0. The molecule has 0 spiro atoms. The molecule has 0 aromatic heterocycles. The molecule has 41 heavy (non-hydrogen) atoms. The molecular formula is C28H15BrCl7FO4. The minimum Gasteiger partial charge on any atom is -0.276 e. The lowest BCUT2D eigenvalue weighted by Crippen LogP contribution is -1.87. The van der Waals surface area contributed by atoms with Gasteiger partial charge in [0.25, 0.3) is 21.0 Å². The Labute approximate surface area is 278 Å². The van der Waals surface area contributed by atoms with Crippen molar-refractivity contribution in [2.45, 2.75) is 0 Å². The first-order valence-corrected chi connectivity index (χ1v) is 14.2. The number of hydrogen-bond donors (Lipinski definition) is 0. The molecule has 0 saturated heterocycles. The Hall–Kier alpha value is -2.00. The summed E-state index contributed by atoms with van der Waals surface area (Å²) < 4.78 is 13.2. The molecule has 4 nitrogen and oxygen atoms in total. The van der Waals surface area contributed by atoms with Crippen molar-refractivity contribution in [1.82, 2.24) is 0 Å². The fourth-order valence-electron chi connectivity index (χ4n) is 2.45. The average Bonchev–Trinajstić information content (AvgIpc) is 2.91. The maximum atomic E-state index is 12.3. The van der Waals surface area contributed by atoms with E-state index in [0.717, 1.165) is 10.5 Å². The molecule has 0 aliphatic rings. The van der Waals surface area contributed by atoms with Crippen LogP contribution in [-0.2, 0) is 0 Å². The van der Waals surface area contributed by atoms with Crippen LogP contribution in [0.3, 0.4) is 0 Å². The average molecular weight is 762 g/mol. The maximum Gasteiger partial charge on any atom is 0.252 e. The van der Waals surface area contributed by atoms with Crippen LogP contribution in [-0.4, -0.2) is 21.0 Å². The Morgan fingerprint density at radius 1 is 0.512 bits per heavy atom. The molecule has 0 heterocycles. The van der Waals surface area contributed by atoms with Crippen molar-refractivity contribution in [3.8, 4) is 0 Å². The highest BCUT2D eigenvalue weighted by molar-refractivity contribution is 9.10. The van der Waals surface area contributed by atoms with E-state index in [1.807, 2.05) is 6.07 Å². The van der Waals surface area contributed by atoms with Gasteiger partial charge >= 0.3 is 0 Å². The first-order valence-electron chi connectivity index (χ1n) is 10.7. The summed E-state index contributed by atoms with van der Waals surface area (Å²) in [6.45, 7) is 0.